The Kier molecular flexibility index (Phi) is 4.09. The Morgan fingerprint density at radius 1 is 1.67 bits per heavy atom. The first-order valence-corrected chi connectivity index (χ1v) is 4.15. The van der Waals surface area contributed by atoms with E-state index in [1.807, 2.05) is 0 Å². The van der Waals surface area contributed by atoms with E-state index in [1.54, 1.807) is 0 Å². The normalized spacial score (nSPS) is 26.2. The van der Waals surface area contributed by atoms with Gasteiger partial charge in [0.15, 0.2) is 6.29 Å². The fourth-order valence-electron chi connectivity index (χ4n) is 1.03. The summed E-state index contributed by atoms with van der Waals surface area (Å²) in [5.74, 6) is 2.35. The van der Waals surface area contributed by atoms with Gasteiger partial charge in [-0.15, -0.1) is 6.42 Å². The van der Waals surface area contributed by atoms with Crippen molar-refractivity contribution in [1.29, 1.82) is 0 Å². The van der Waals surface area contributed by atoms with Crippen molar-refractivity contribution in [3.05, 3.63) is 6.61 Å². The van der Waals surface area contributed by atoms with E-state index >= 15 is 0 Å². The van der Waals surface area contributed by atoms with Crippen LogP contribution in [0.2, 0.25) is 0 Å². The summed E-state index contributed by atoms with van der Waals surface area (Å²) in [6, 6.07) is -0.435. The third kappa shape index (κ3) is 3.22. The Hall–Kier alpha value is -0.560. The summed E-state index contributed by atoms with van der Waals surface area (Å²) in [5.41, 5.74) is 5.42. The second kappa shape index (κ2) is 5.15. The van der Waals surface area contributed by atoms with Crippen LogP contribution in [0, 0.1) is 19.0 Å². The molecule has 12 heavy (non-hydrogen) atoms. The molecule has 3 nitrogen and oxygen atoms in total. The maximum absolute atomic E-state index is 5.42. The quantitative estimate of drug-likeness (QED) is 0.629. The fourth-order valence-corrected chi connectivity index (χ4v) is 1.03. The molecule has 1 aliphatic heterocycles. The molecule has 0 aromatic carbocycles. The van der Waals surface area contributed by atoms with Gasteiger partial charge in [-0.3, -0.25) is 0 Å². The van der Waals surface area contributed by atoms with E-state index in [1.165, 1.54) is 6.61 Å². The zero-order valence-corrected chi connectivity index (χ0v) is 7.03. The van der Waals surface area contributed by atoms with Crippen LogP contribution in [0.25, 0.3) is 0 Å². The molecule has 2 unspecified atom stereocenters. The number of terminal acetylenes is 1. The van der Waals surface area contributed by atoms with Crippen LogP contribution >= 0.6 is 0 Å². The van der Waals surface area contributed by atoms with Crippen LogP contribution in [0.4, 0.5) is 0 Å². The van der Waals surface area contributed by atoms with Crippen molar-refractivity contribution in [2.45, 2.75) is 31.6 Å². The van der Waals surface area contributed by atoms with Crippen molar-refractivity contribution in [3.63, 3.8) is 0 Å². The van der Waals surface area contributed by atoms with Crippen molar-refractivity contribution in [1.82, 2.24) is 0 Å². The van der Waals surface area contributed by atoms with E-state index in [2.05, 4.69) is 5.92 Å². The highest BCUT2D eigenvalue weighted by Crippen LogP contribution is 2.14. The largest absolute Gasteiger partial charge is 0.353 e. The van der Waals surface area contributed by atoms with Crippen molar-refractivity contribution in [2.24, 2.45) is 5.73 Å². The van der Waals surface area contributed by atoms with Gasteiger partial charge in [0.2, 0.25) is 0 Å². The zero-order valence-electron chi connectivity index (χ0n) is 7.03. The summed E-state index contributed by atoms with van der Waals surface area (Å²) in [6.07, 6.45) is 8.10. The average Bonchev–Trinajstić information content (AvgIpc) is 2.16. The van der Waals surface area contributed by atoms with E-state index < -0.39 is 6.04 Å². The van der Waals surface area contributed by atoms with Gasteiger partial charge in [0.25, 0.3) is 0 Å². The molecule has 0 saturated carbocycles. The molecule has 0 aliphatic carbocycles. The lowest BCUT2D eigenvalue weighted by Crippen LogP contribution is -2.26. The maximum atomic E-state index is 5.42. The Labute approximate surface area is 73.2 Å². The number of nitrogens with two attached hydrogens (primary N) is 1. The lowest BCUT2D eigenvalue weighted by molar-refractivity contribution is -0.143. The molecule has 0 amide bonds. The predicted octanol–water partition coefficient (Wildman–Crippen LogP) is 0.652. The molecule has 67 valence electrons. The van der Waals surface area contributed by atoms with Crippen LogP contribution in [0.3, 0.4) is 0 Å². The van der Waals surface area contributed by atoms with E-state index in [0.717, 1.165) is 25.9 Å². The van der Waals surface area contributed by atoms with Gasteiger partial charge >= 0.3 is 0 Å². The Bertz CT molecular complexity index is 158. The van der Waals surface area contributed by atoms with Crippen LogP contribution in [0.15, 0.2) is 0 Å². The number of hydrogen-bond acceptors (Lipinski definition) is 3. The Morgan fingerprint density at radius 3 is 3.08 bits per heavy atom. The van der Waals surface area contributed by atoms with Crippen molar-refractivity contribution in [2.75, 3.05) is 6.61 Å². The monoisotopic (exact) mass is 168 g/mol. The molecule has 0 aromatic rings. The average molecular weight is 168 g/mol. The van der Waals surface area contributed by atoms with Crippen LogP contribution in [0.5, 0.6) is 0 Å². The van der Waals surface area contributed by atoms with Gasteiger partial charge in [0, 0.05) is 6.61 Å². The van der Waals surface area contributed by atoms with Gasteiger partial charge in [-0.2, -0.15) is 0 Å². The lowest BCUT2D eigenvalue weighted by Gasteiger charge is -2.22. The molecule has 1 rings (SSSR count). The maximum Gasteiger partial charge on any atom is 0.158 e. The van der Waals surface area contributed by atoms with E-state index in [4.69, 9.17) is 21.6 Å². The molecule has 2 atom stereocenters. The summed E-state index contributed by atoms with van der Waals surface area (Å²) in [5, 5.41) is 0. The first kappa shape index (κ1) is 9.53. The summed E-state index contributed by atoms with van der Waals surface area (Å²) in [6.45, 7) is 2.22. The summed E-state index contributed by atoms with van der Waals surface area (Å²) < 4.78 is 10.5. The topological polar surface area (TPSA) is 44.5 Å². The summed E-state index contributed by atoms with van der Waals surface area (Å²) in [7, 11) is 0. The third-order valence-electron chi connectivity index (χ3n) is 1.71. The molecule has 1 saturated heterocycles. The van der Waals surface area contributed by atoms with E-state index in [-0.39, 0.29) is 6.29 Å². The summed E-state index contributed by atoms with van der Waals surface area (Å²) in [4.78, 5) is 0. The minimum Gasteiger partial charge on any atom is -0.353 e. The molecule has 2 N–H and O–H groups in total. The summed E-state index contributed by atoms with van der Waals surface area (Å²) >= 11 is 0. The van der Waals surface area contributed by atoms with Crippen LogP contribution in [-0.4, -0.2) is 18.9 Å². The molecular formula is C9H14NO2. The minimum absolute atomic E-state index is 0.141. The van der Waals surface area contributed by atoms with Crippen LogP contribution in [-0.2, 0) is 9.47 Å². The molecule has 1 aliphatic rings. The van der Waals surface area contributed by atoms with Gasteiger partial charge < -0.3 is 15.2 Å². The molecule has 0 aromatic heterocycles. The van der Waals surface area contributed by atoms with Gasteiger partial charge in [-0.25, -0.2) is 0 Å². The highest BCUT2D eigenvalue weighted by atomic mass is 16.7. The molecular weight excluding hydrogens is 154 g/mol. The fraction of sp³-hybridized carbons (Fsp3) is 0.667. The Balaban J connectivity index is 2.10. The molecule has 3 heteroatoms. The van der Waals surface area contributed by atoms with Gasteiger partial charge in [-0.1, -0.05) is 5.92 Å². The molecule has 1 radical (unpaired) electrons. The second-order valence-corrected chi connectivity index (χ2v) is 2.76. The van der Waals surface area contributed by atoms with Crippen molar-refractivity contribution >= 4 is 0 Å². The standard InChI is InChI=1S/C9H14NO2/c1-2-8(10)7-12-9-5-3-4-6-11-9/h1,7-9H,3-6,10H2. The molecule has 0 bridgehead atoms. The lowest BCUT2D eigenvalue weighted by atomic mass is 10.2. The molecule has 1 fully saturated rings. The number of hydrogen-bond donors (Lipinski definition) is 1. The smallest absolute Gasteiger partial charge is 0.158 e. The van der Waals surface area contributed by atoms with Gasteiger partial charge in [0.05, 0.1) is 6.04 Å². The SMILES string of the molecule is C#CC(N)[CH]OC1CCCCO1. The number of ether oxygens (including phenoxy) is 2. The van der Waals surface area contributed by atoms with Crippen molar-refractivity contribution < 1.29 is 9.47 Å². The predicted molar refractivity (Wildman–Crippen MR) is 45.8 cm³/mol. The van der Waals surface area contributed by atoms with E-state index in [9.17, 15) is 0 Å². The van der Waals surface area contributed by atoms with E-state index in [0.29, 0.717) is 0 Å². The number of rotatable bonds is 3. The van der Waals surface area contributed by atoms with Gasteiger partial charge in [-0.05, 0) is 19.3 Å². The highest BCUT2D eigenvalue weighted by Gasteiger charge is 2.14. The minimum atomic E-state index is -0.435. The van der Waals surface area contributed by atoms with Crippen LogP contribution < -0.4 is 5.73 Å². The zero-order chi connectivity index (χ0) is 8.81. The second-order valence-electron chi connectivity index (χ2n) is 2.76. The van der Waals surface area contributed by atoms with Crippen LogP contribution in [0.1, 0.15) is 19.3 Å². The molecule has 1 heterocycles. The molecule has 0 spiro atoms. The highest BCUT2D eigenvalue weighted by molar-refractivity contribution is 5.01. The first-order chi connectivity index (χ1) is 5.83. The van der Waals surface area contributed by atoms with Crippen molar-refractivity contribution in [3.8, 4) is 12.3 Å². The first-order valence-electron chi connectivity index (χ1n) is 4.15. The Morgan fingerprint density at radius 2 is 2.50 bits per heavy atom. The van der Waals surface area contributed by atoms with Gasteiger partial charge in [0.1, 0.15) is 6.61 Å². The third-order valence-corrected chi connectivity index (χ3v) is 1.71.